The Balaban J connectivity index is 1.35. The van der Waals surface area contributed by atoms with Gasteiger partial charge >= 0.3 is 0 Å². The Hall–Kier alpha value is -1.24. The second kappa shape index (κ2) is 7.85. The van der Waals surface area contributed by atoms with E-state index >= 15 is 0 Å². The molecule has 1 aromatic rings. The van der Waals surface area contributed by atoms with Crippen molar-refractivity contribution in [3.8, 4) is 0 Å². The van der Waals surface area contributed by atoms with Crippen molar-refractivity contribution in [2.24, 2.45) is 0 Å². The van der Waals surface area contributed by atoms with E-state index in [4.69, 9.17) is 9.47 Å². The van der Waals surface area contributed by atoms with Crippen molar-refractivity contribution in [2.75, 3.05) is 50.8 Å². The molecule has 2 aliphatic heterocycles. The minimum atomic E-state index is -0.288. The molecule has 0 radical (unpaired) electrons. The zero-order valence-electron chi connectivity index (χ0n) is 12.9. The third-order valence-electron chi connectivity index (χ3n) is 4.26. The molecule has 0 aliphatic carbocycles. The van der Waals surface area contributed by atoms with Crippen LogP contribution in [0.5, 0.6) is 0 Å². The summed E-state index contributed by atoms with van der Waals surface area (Å²) in [6, 6.07) is 3.21. The Morgan fingerprint density at radius 2 is 2.09 bits per heavy atom. The molecule has 0 aromatic carbocycles. The predicted octanol–water partition coefficient (Wildman–Crippen LogP) is 1.89. The maximum absolute atomic E-state index is 12.9. The van der Waals surface area contributed by atoms with Gasteiger partial charge in [-0.05, 0) is 31.4 Å². The molecule has 2 saturated heterocycles. The highest BCUT2D eigenvalue weighted by Crippen LogP contribution is 2.15. The molecule has 0 N–H and O–H groups in total. The van der Waals surface area contributed by atoms with Crippen LogP contribution in [0.15, 0.2) is 18.3 Å². The molecule has 5 nitrogen and oxygen atoms in total. The Kier molecular flexibility index (Phi) is 5.58. The molecule has 2 aliphatic rings. The SMILES string of the molecule is Fc1ccc(N2CCN(CCOC3CCCCO3)CC2)nc1. The molecule has 22 heavy (non-hydrogen) atoms. The maximum Gasteiger partial charge on any atom is 0.157 e. The van der Waals surface area contributed by atoms with Crippen molar-refractivity contribution in [3.05, 3.63) is 24.1 Å². The first-order valence-corrected chi connectivity index (χ1v) is 8.13. The van der Waals surface area contributed by atoms with Crippen molar-refractivity contribution in [3.63, 3.8) is 0 Å². The van der Waals surface area contributed by atoms with E-state index in [-0.39, 0.29) is 12.1 Å². The van der Waals surface area contributed by atoms with Gasteiger partial charge in [-0.15, -0.1) is 0 Å². The molecule has 1 aromatic heterocycles. The third kappa shape index (κ3) is 4.38. The van der Waals surface area contributed by atoms with Gasteiger partial charge in [0.25, 0.3) is 0 Å². The van der Waals surface area contributed by atoms with Crippen LogP contribution < -0.4 is 4.90 Å². The molecule has 2 fully saturated rings. The molecule has 0 amide bonds. The predicted molar refractivity (Wildman–Crippen MR) is 82.4 cm³/mol. The highest BCUT2D eigenvalue weighted by molar-refractivity contribution is 5.38. The lowest BCUT2D eigenvalue weighted by atomic mass is 10.2. The van der Waals surface area contributed by atoms with Crippen LogP contribution in [-0.4, -0.2) is 62.1 Å². The van der Waals surface area contributed by atoms with E-state index in [1.54, 1.807) is 6.07 Å². The van der Waals surface area contributed by atoms with Crippen LogP contribution in [0.4, 0.5) is 10.2 Å². The fourth-order valence-electron chi connectivity index (χ4n) is 2.91. The Morgan fingerprint density at radius 1 is 1.23 bits per heavy atom. The monoisotopic (exact) mass is 309 g/mol. The van der Waals surface area contributed by atoms with E-state index < -0.39 is 0 Å². The number of ether oxygens (including phenoxy) is 2. The smallest absolute Gasteiger partial charge is 0.157 e. The largest absolute Gasteiger partial charge is 0.354 e. The minimum Gasteiger partial charge on any atom is -0.354 e. The van der Waals surface area contributed by atoms with Crippen molar-refractivity contribution in [1.29, 1.82) is 0 Å². The lowest BCUT2D eigenvalue weighted by molar-refractivity contribution is -0.164. The van der Waals surface area contributed by atoms with E-state index in [0.29, 0.717) is 0 Å². The van der Waals surface area contributed by atoms with Crippen LogP contribution >= 0.6 is 0 Å². The third-order valence-corrected chi connectivity index (χ3v) is 4.26. The summed E-state index contributed by atoms with van der Waals surface area (Å²) in [6.07, 6.45) is 4.65. The second-order valence-electron chi connectivity index (χ2n) is 5.83. The molecule has 1 atom stereocenters. The first kappa shape index (κ1) is 15.6. The highest BCUT2D eigenvalue weighted by atomic mass is 19.1. The summed E-state index contributed by atoms with van der Waals surface area (Å²) >= 11 is 0. The molecule has 6 heteroatoms. The van der Waals surface area contributed by atoms with E-state index in [1.807, 2.05) is 0 Å². The van der Waals surface area contributed by atoms with E-state index in [9.17, 15) is 4.39 Å². The van der Waals surface area contributed by atoms with E-state index in [0.717, 1.165) is 64.6 Å². The van der Waals surface area contributed by atoms with Gasteiger partial charge in [0.2, 0.25) is 0 Å². The number of nitrogens with zero attached hydrogens (tertiary/aromatic N) is 3. The van der Waals surface area contributed by atoms with Crippen molar-refractivity contribution in [1.82, 2.24) is 9.88 Å². The number of anilines is 1. The average molecular weight is 309 g/mol. The molecule has 122 valence electrons. The number of aromatic nitrogens is 1. The number of halogens is 1. The summed E-state index contributed by atoms with van der Waals surface area (Å²) in [7, 11) is 0. The van der Waals surface area contributed by atoms with Crippen LogP contribution in [-0.2, 0) is 9.47 Å². The summed E-state index contributed by atoms with van der Waals surface area (Å²) in [5, 5.41) is 0. The number of piperazine rings is 1. The van der Waals surface area contributed by atoms with Gasteiger partial charge < -0.3 is 14.4 Å². The lowest BCUT2D eigenvalue weighted by Gasteiger charge is -2.35. The summed E-state index contributed by atoms with van der Waals surface area (Å²) in [6.45, 7) is 6.27. The molecule has 0 spiro atoms. The summed E-state index contributed by atoms with van der Waals surface area (Å²) in [5.41, 5.74) is 0. The zero-order chi connectivity index (χ0) is 15.2. The van der Waals surface area contributed by atoms with Crippen LogP contribution in [0.2, 0.25) is 0 Å². The fourth-order valence-corrected chi connectivity index (χ4v) is 2.91. The van der Waals surface area contributed by atoms with Gasteiger partial charge in [0.1, 0.15) is 11.6 Å². The van der Waals surface area contributed by atoms with Gasteiger partial charge in [-0.2, -0.15) is 0 Å². The minimum absolute atomic E-state index is 0.00143. The molecule has 1 unspecified atom stereocenters. The van der Waals surface area contributed by atoms with Crippen molar-refractivity contribution >= 4 is 5.82 Å². The van der Waals surface area contributed by atoms with Gasteiger partial charge in [-0.1, -0.05) is 0 Å². The number of hydrogen-bond donors (Lipinski definition) is 0. The van der Waals surface area contributed by atoms with Crippen LogP contribution in [0, 0.1) is 5.82 Å². The lowest BCUT2D eigenvalue weighted by Crippen LogP contribution is -2.47. The van der Waals surface area contributed by atoms with Crippen molar-refractivity contribution in [2.45, 2.75) is 25.6 Å². The first-order chi connectivity index (χ1) is 10.8. The summed E-state index contributed by atoms with van der Waals surface area (Å²) in [4.78, 5) is 8.73. The number of pyridine rings is 1. The van der Waals surface area contributed by atoms with Gasteiger partial charge in [0.15, 0.2) is 6.29 Å². The maximum atomic E-state index is 12.9. The van der Waals surface area contributed by atoms with Crippen molar-refractivity contribution < 1.29 is 13.9 Å². The molecular formula is C16H24FN3O2. The Morgan fingerprint density at radius 3 is 2.77 bits per heavy atom. The molecule has 0 saturated carbocycles. The topological polar surface area (TPSA) is 37.8 Å². The molecule has 0 bridgehead atoms. The molecule has 3 rings (SSSR count). The average Bonchev–Trinajstić information content (AvgIpc) is 2.57. The molecular weight excluding hydrogens is 285 g/mol. The standard InChI is InChI=1S/C16H24FN3O2/c17-14-4-5-15(18-13-14)20-8-6-19(7-9-20)10-12-22-16-3-1-2-11-21-16/h4-5,13,16H,1-3,6-12H2. The summed E-state index contributed by atoms with van der Waals surface area (Å²) in [5.74, 6) is 0.567. The number of rotatable bonds is 5. The van der Waals surface area contributed by atoms with Gasteiger partial charge in [-0.3, -0.25) is 4.90 Å². The van der Waals surface area contributed by atoms with Gasteiger partial charge in [0, 0.05) is 39.3 Å². The first-order valence-electron chi connectivity index (χ1n) is 8.13. The zero-order valence-corrected chi connectivity index (χ0v) is 12.9. The number of hydrogen-bond acceptors (Lipinski definition) is 5. The fraction of sp³-hybridized carbons (Fsp3) is 0.688. The van der Waals surface area contributed by atoms with E-state index in [2.05, 4.69) is 14.8 Å². The highest BCUT2D eigenvalue weighted by Gasteiger charge is 2.19. The molecule has 3 heterocycles. The Labute approximate surface area is 131 Å². The van der Waals surface area contributed by atoms with Crippen LogP contribution in [0.3, 0.4) is 0 Å². The van der Waals surface area contributed by atoms with E-state index in [1.165, 1.54) is 18.7 Å². The second-order valence-corrected chi connectivity index (χ2v) is 5.83. The Bertz CT molecular complexity index is 443. The normalized spacial score (nSPS) is 23.7. The van der Waals surface area contributed by atoms with Gasteiger partial charge in [0.05, 0.1) is 12.8 Å². The van der Waals surface area contributed by atoms with Crippen LogP contribution in [0.1, 0.15) is 19.3 Å². The summed E-state index contributed by atoms with van der Waals surface area (Å²) < 4.78 is 24.2. The van der Waals surface area contributed by atoms with Crippen LogP contribution in [0.25, 0.3) is 0 Å². The van der Waals surface area contributed by atoms with Gasteiger partial charge in [-0.25, -0.2) is 9.37 Å². The quantitative estimate of drug-likeness (QED) is 0.830.